The maximum absolute atomic E-state index is 13.4. The molecule has 5 rings (SSSR count). The number of carbonyl (C=O) groups excluding carboxylic acids is 4. The number of esters is 1. The highest BCUT2D eigenvalue weighted by atomic mass is 16.5. The topological polar surface area (TPSA) is 128 Å². The average molecular weight is 554 g/mol. The molecule has 3 fully saturated rings. The first kappa shape index (κ1) is 28.7. The molecule has 9 heteroatoms. The zero-order chi connectivity index (χ0) is 28.5. The summed E-state index contributed by atoms with van der Waals surface area (Å²) in [5.41, 5.74) is -0.746. The molecular weight excluding hydrogens is 510 g/mol. The van der Waals surface area contributed by atoms with Crippen LogP contribution in [0, 0.1) is 28.6 Å². The van der Waals surface area contributed by atoms with Crippen LogP contribution >= 0.6 is 0 Å². The molecule has 0 aliphatic heterocycles. The van der Waals surface area contributed by atoms with Gasteiger partial charge < -0.3 is 19.7 Å². The minimum atomic E-state index is -1.52. The molecule has 1 heterocycles. The van der Waals surface area contributed by atoms with E-state index in [1.165, 1.54) is 5.57 Å². The summed E-state index contributed by atoms with van der Waals surface area (Å²) < 4.78 is 7.18. The van der Waals surface area contributed by atoms with Gasteiger partial charge in [0.2, 0.25) is 11.7 Å². The number of nitrogens with zero attached hydrogens (tertiary/aromatic N) is 2. The number of rotatable bonds is 10. The summed E-state index contributed by atoms with van der Waals surface area (Å²) in [4.78, 5) is 53.8. The molecule has 4 aliphatic carbocycles. The smallest absolute Gasteiger partial charge is 0.306 e. The highest BCUT2D eigenvalue weighted by Crippen LogP contribution is 2.67. The Kier molecular flexibility index (Phi) is 8.06. The van der Waals surface area contributed by atoms with Crippen molar-refractivity contribution in [2.45, 2.75) is 96.6 Å². The lowest BCUT2D eigenvalue weighted by molar-refractivity contribution is -0.170. The summed E-state index contributed by atoms with van der Waals surface area (Å²) in [6, 6.07) is 0. The van der Waals surface area contributed by atoms with Crippen LogP contribution in [0.15, 0.2) is 30.4 Å². The lowest BCUT2D eigenvalue weighted by Crippen LogP contribution is -2.58. The van der Waals surface area contributed by atoms with E-state index in [4.69, 9.17) is 4.74 Å². The van der Waals surface area contributed by atoms with Crippen LogP contribution in [-0.4, -0.2) is 56.9 Å². The largest absolute Gasteiger partial charge is 0.458 e. The second-order valence-corrected chi connectivity index (χ2v) is 12.9. The van der Waals surface area contributed by atoms with E-state index in [0.29, 0.717) is 31.2 Å². The number of amides is 1. The van der Waals surface area contributed by atoms with Gasteiger partial charge in [-0.15, -0.1) is 0 Å². The Hall–Kier alpha value is -2.81. The van der Waals surface area contributed by atoms with Crippen molar-refractivity contribution < 1.29 is 29.0 Å². The molecule has 0 unspecified atom stereocenters. The fourth-order valence-electron chi connectivity index (χ4n) is 8.58. The molecule has 6 atom stereocenters. The van der Waals surface area contributed by atoms with Crippen molar-refractivity contribution in [2.24, 2.45) is 28.6 Å². The normalized spacial score (nSPS) is 34.7. The molecule has 0 spiro atoms. The predicted octanol–water partition coefficient (Wildman–Crippen LogP) is 3.54. The van der Waals surface area contributed by atoms with Crippen molar-refractivity contribution in [2.75, 3.05) is 13.2 Å². The van der Waals surface area contributed by atoms with Gasteiger partial charge in [0.1, 0.15) is 5.60 Å². The summed E-state index contributed by atoms with van der Waals surface area (Å²) in [5, 5.41) is 14.6. The lowest BCUT2D eigenvalue weighted by atomic mass is 9.46. The fourth-order valence-corrected chi connectivity index (χ4v) is 8.58. The number of allylic oxidation sites excluding steroid dienone is 1. The highest BCUT2D eigenvalue weighted by Gasteiger charge is 2.66. The minimum absolute atomic E-state index is 0.00791. The van der Waals surface area contributed by atoms with Gasteiger partial charge in [0.15, 0.2) is 12.4 Å². The van der Waals surface area contributed by atoms with E-state index in [2.05, 4.69) is 24.1 Å². The Morgan fingerprint density at radius 3 is 2.67 bits per heavy atom. The van der Waals surface area contributed by atoms with Gasteiger partial charge in [0.25, 0.3) is 0 Å². The average Bonchev–Trinajstić information content (AvgIpc) is 3.55. The molecule has 0 radical (unpaired) electrons. The molecule has 1 aromatic heterocycles. The van der Waals surface area contributed by atoms with Gasteiger partial charge in [0, 0.05) is 43.7 Å². The number of hydrogen-bond donors (Lipinski definition) is 2. The number of aromatic nitrogens is 2. The summed E-state index contributed by atoms with van der Waals surface area (Å²) in [6.07, 6.45) is 14.0. The van der Waals surface area contributed by atoms with Gasteiger partial charge in [0.05, 0.1) is 12.7 Å². The predicted molar refractivity (Wildman–Crippen MR) is 147 cm³/mol. The standard InChI is InChI=1S/C31H43N3O6/c1-29-11-8-22(35)18-21(29)4-5-23-24(29)9-12-30(2)25(23)10-13-31(30,39)26(36)19-40-28(38)7-6-27(37)33-14-3-16-34-17-15-32-20-34/h15,17-18,20,23-25,39H,3-14,16,19H2,1-2H3,(H,33,37)/t23-,24-,25+,29+,30+,31+/m1/s1. The van der Waals surface area contributed by atoms with Gasteiger partial charge in [-0.25, -0.2) is 4.98 Å². The molecule has 0 saturated heterocycles. The lowest BCUT2D eigenvalue weighted by Gasteiger charge is -2.58. The molecule has 0 aromatic carbocycles. The van der Waals surface area contributed by atoms with Gasteiger partial charge >= 0.3 is 5.97 Å². The number of Topliss-reactive ketones (excluding diaryl/α,β-unsaturated/α-hetero) is 1. The number of ketones is 2. The Morgan fingerprint density at radius 2 is 1.90 bits per heavy atom. The molecular formula is C31H43N3O6. The number of ether oxygens (including phenoxy) is 1. The van der Waals surface area contributed by atoms with E-state index in [-0.39, 0.29) is 35.9 Å². The van der Waals surface area contributed by atoms with Crippen molar-refractivity contribution in [1.82, 2.24) is 14.9 Å². The summed E-state index contributed by atoms with van der Waals surface area (Å²) >= 11 is 0. The number of imidazole rings is 1. The number of carbonyl (C=O) groups is 4. The van der Waals surface area contributed by atoms with E-state index in [1.54, 1.807) is 12.5 Å². The fraction of sp³-hybridized carbons (Fsp3) is 0.710. The first-order valence-corrected chi connectivity index (χ1v) is 14.9. The second kappa shape index (κ2) is 11.2. The third kappa shape index (κ3) is 5.17. The van der Waals surface area contributed by atoms with E-state index in [0.717, 1.165) is 51.5 Å². The molecule has 9 nitrogen and oxygen atoms in total. The maximum Gasteiger partial charge on any atom is 0.306 e. The number of nitrogens with one attached hydrogen (secondary N) is 1. The van der Waals surface area contributed by atoms with Gasteiger partial charge in [-0.1, -0.05) is 19.4 Å². The molecule has 40 heavy (non-hydrogen) atoms. The van der Waals surface area contributed by atoms with E-state index < -0.39 is 29.4 Å². The summed E-state index contributed by atoms with van der Waals surface area (Å²) in [5.74, 6) is 0.0628. The highest BCUT2D eigenvalue weighted by molar-refractivity contribution is 5.92. The number of hydrogen-bond acceptors (Lipinski definition) is 7. The van der Waals surface area contributed by atoms with E-state index >= 15 is 0 Å². The number of fused-ring (bicyclic) bond motifs is 5. The quantitative estimate of drug-likeness (QED) is 0.335. The monoisotopic (exact) mass is 553 g/mol. The van der Waals surface area contributed by atoms with Crippen molar-refractivity contribution in [3.05, 3.63) is 30.4 Å². The SMILES string of the molecule is C[C@]12CCC(=O)C=C1CC[C@@H]1[C@H]2CC[C@@]2(C)[C@H]1CC[C@]2(O)C(=O)COC(=O)CCC(=O)NCCCn1ccnc1. The second-order valence-electron chi connectivity index (χ2n) is 12.9. The van der Waals surface area contributed by atoms with Crippen molar-refractivity contribution in [1.29, 1.82) is 0 Å². The molecule has 3 saturated carbocycles. The van der Waals surface area contributed by atoms with Crippen molar-refractivity contribution in [3.8, 4) is 0 Å². The Labute approximate surface area is 236 Å². The minimum Gasteiger partial charge on any atom is -0.458 e. The molecule has 218 valence electrons. The Bertz CT molecular complexity index is 1180. The van der Waals surface area contributed by atoms with E-state index in [1.807, 2.05) is 16.8 Å². The van der Waals surface area contributed by atoms with Crippen LogP contribution in [-0.2, 0) is 30.5 Å². The van der Waals surface area contributed by atoms with Crippen molar-refractivity contribution >= 4 is 23.4 Å². The Balaban J connectivity index is 1.10. The summed E-state index contributed by atoms with van der Waals surface area (Å²) in [6.45, 7) is 5.14. The molecule has 0 bridgehead atoms. The van der Waals surface area contributed by atoms with Crippen LogP contribution in [0.4, 0.5) is 0 Å². The number of aliphatic hydroxyl groups is 1. The van der Waals surface area contributed by atoms with Crippen LogP contribution in [0.25, 0.3) is 0 Å². The van der Waals surface area contributed by atoms with Crippen LogP contribution in [0.5, 0.6) is 0 Å². The van der Waals surface area contributed by atoms with Crippen LogP contribution in [0.3, 0.4) is 0 Å². The number of aryl methyl sites for hydroxylation is 1. The zero-order valence-corrected chi connectivity index (χ0v) is 23.8. The molecule has 1 amide bonds. The zero-order valence-electron chi connectivity index (χ0n) is 23.8. The van der Waals surface area contributed by atoms with E-state index in [9.17, 15) is 24.3 Å². The first-order chi connectivity index (χ1) is 19.1. The molecule has 4 aliphatic rings. The Morgan fingerprint density at radius 1 is 1.10 bits per heavy atom. The van der Waals surface area contributed by atoms with Crippen LogP contribution in [0.1, 0.15) is 84.5 Å². The van der Waals surface area contributed by atoms with Crippen molar-refractivity contribution in [3.63, 3.8) is 0 Å². The molecule has 1 aromatic rings. The van der Waals surface area contributed by atoms with Gasteiger partial charge in [-0.05, 0) is 80.6 Å². The summed E-state index contributed by atoms with van der Waals surface area (Å²) in [7, 11) is 0. The third-order valence-electron chi connectivity index (χ3n) is 11.0. The van der Waals surface area contributed by atoms with Crippen LogP contribution < -0.4 is 5.32 Å². The first-order valence-electron chi connectivity index (χ1n) is 14.9. The maximum atomic E-state index is 13.4. The van der Waals surface area contributed by atoms with Crippen LogP contribution in [0.2, 0.25) is 0 Å². The molecule has 2 N–H and O–H groups in total. The van der Waals surface area contributed by atoms with Gasteiger partial charge in [-0.3, -0.25) is 19.2 Å². The third-order valence-corrected chi connectivity index (χ3v) is 11.0. The van der Waals surface area contributed by atoms with Gasteiger partial charge in [-0.2, -0.15) is 0 Å².